The van der Waals surface area contributed by atoms with Gasteiger partial charge in [0.1, 0.15) is 5.82 Å². The fourth-order valence-electron chi connectivity index (χ4n) is 4.08. The molecule has 1 saturated heterocycles. The van der Waals surface area contributed by atoms with E-state index in [1.807, 2.05) is 26.0 Å². The van der Waals surface area contributed by atoms with Crippen molar-refractivity contribution in [2.24, 2.45) is 0 Å². The van der Waals surface area contributed by atoms with Gasteiger partial charge < -0.3 is 14.8 Å². The Bertz CT molecular complexity index is 911. The number of carbonyl (C=O) groups is 1. The summed E-state index contributed by atoms with van der Waals surface area (Å²) in [6, 6.07) is 9.93. The third kappa shape index (κ3) is 5.78. The Morgan fingerprint density at radius 3 is 2.22 bits per heavy atom. The molecule has 174 valence electrons. The molecule has 0 aromatic heterocycles. The van der Waals surface area contributed by atoms with Crippen molar-refractivity contribution in [2.45, 2.75) is 39.4 Å². The number of carbonyl (C=O) groups excluding carboxylic acids is 1. The first-order valence-corrected chi connectivity index (χ1v) is 11.1. The molecule has 2 atom stereocenters. The normalized spacial score (nSPS) is 16.9. The number of nitrogens with one attached hydrogen (secondary N) is 1. The summed E-state index contributed by atoms with van der Waals surface area (Å²) in [5.74, 6) is 1.20. The fraction of sp³-hybridized carbons (Fsp3) is 0.480. The van der Waals surface area contributed by atoms with E-state index in [1.165, 1.54) is 23.3 Å². The molecule has 2 aromatic rings. The molecule has 0 saturated carbocycles. The summed E-state index contributed by atoms with van der Waals surface area (Å²) in [5, 5.41) is 3.05. The number of benzene rings is 2. The molecule has 6 nitrogen and oxygen atoms in total. The average molecular weight is 444 g/mol. The first-order valence-electron chi connectivity index (χ1n) is 11.1. The van der Waals surface area contributed by atoms with E-state index in [9.17, 15) is 9.18 Å². The SMILES string of the molecule is COc1cc(C)c(CN2CCN([C@H](C)C(=O)N[C@@H](C)c3ccc(F)cc3)CC2)cc1OC. The highest BCUT2D eigenvalue weighted by atomic mass is 19.1. The van der Waals surface area contributed by atoms with Crippen molar-refractivity contribution in [1.29, 1.82) is 0 Å². The zero-order valence-electron chi connectivity index (χ0n) is 19.7. The second kappa shape index (κ2) is 10.8. The maximum Gasteiger partial charge on any atom is 0.237 e. The number of rotatable bonds is 8. The number of nitrogens with zero attached hydrogens (tertiary/aromatic N) is 2. The third-order valence-electron chi connectivity index (χ3n) is 6.30. The number of ether oxygens (including phenoxy) is 2. The first kappa shape index (κ1) is 24.0. The number of hydrogen-bond donors (Lipinski definition) is 1. The predicted molar refractivity (Wildman–Crippen MR) is 124 cm³/mol. The van der Waals surface area contributed by atoms with E-state index in [-0.39, 0.29) is 23.8 Å². The molecule has 0 radical (unpaired) electrons. The molecule has 32 heavy (non-hydrogen) atoms. The summed E-state index contributed by atoms with van der Waals surface area (Å²) in [5.41, 5.74) is 3.28. The largest absolute Gasteiger partial charge is 0.493 e. The van der Waals surface area contributed by atoms with E-state index in [0.29, 0.717) is 0 Å². The van der Waals surface area contributed by atoms with Gasteiger partial charge in [0, 0.05) is 32.7 Å². The lowest BCUT2D eigenvalue weighted by Gasteiger charge is -2.38. The Kier molecular flexibility index (Phi) is 8.10. The molecule has 1 N–H and O–H groups in total. The molecule has 0 unspecified atom stereocenters. The van der Waals surface area contributed by atoms with Gasteiger partial charge in [-0.1, -0.05) is 12.1 Å². The fourth-order valence-corrected chi connectivity index (χ4v) is 4.08. The van der Waals surface area contributed by atoms with E-state index < -0.39 is 0 Å². The van der Waals surface area contributed by atoms with Crippen LogP contribution in [0.25, 0.3) is 0 Å². The number of aryl methyl sites for hydroxylation is 1. The maximum atomic E-state index is 13.1. The molecule has 3 rings (SSSR count). The van der Waals surface area contributed by atoms with Gasteiger partial charge in [0.15, 0.2) is 11.5 Å². The van der Waals surface area contributed by atoms with Crippen LogP contribution < -0.4 is 14.8 Å². The van der Waals surface area contributed by atoms with Crippen molar-refractivity contribution in [3.8, 4) is 11.5 Å². The summed E-state index contributed by atoms with van der Waals surface area (Å²) in [7, 11) is 3.30. The molecule has 1 heterocycles. The van der Waals surface area contributed by atoms with Crippen LogP contribution in [0.4, 0.5) is 4.39 Å². The molecule has 1 aliphatic rings. The summed E-state index contributed by atoms with van der Waals surface area (Å²) in [6.07, 6.45) is 0. The molecule has 1 fully saturated rings. The lowest BCUT2D eigenvalue weighted by Crippen LogP contribution is -2.53. The summed E-state index contributed by atoms with van der Waals surface area (Å²) < 4.78 is 24.0. The van der Waals surface area contributed by atoms with Gasteiger partial charge in [0.25, 0.3) is 0 Å². The molecule has 1 aliphatic heterocycles. The topological polar surface area (TPSA) is 54.0 Å². The number of halogens is 1. The van der Waals surface area contributed by atoms with E-state index in [1.54, 1.807) is 26.4 Å². The lowest BCUT2D eigenvalue weighted by molar-refractivity contribution is -0.127. The van der Waals surface area contributed by atoms with Crippen molar-refractivity contribution < 1.29 is 18.7 Å². The average Bonchev–Trinajstić information content (AvgIpc) is 2.80. The zero-order chi connectivity index (χ0) is 23.3. The third-order valence-corrected chi connectivity index (χ3v) is 6.30. The molecule has 0 bridgehead atoms. The van der Waals surface area contributed by atoms with Crippen molar-refractivity contribution in [2.75, 3.05) is 40.4 Å². The van der Waals surface area contributed by atoms with Crippen LogP contribution >= 0.6 is 0 Å². The number of hydrogen-bond acceptors (Lipinski definition) is 5. The Balaban J connectivity index is 1.52. The molecule has 0 aliphatic carbocycles. The Morgan fingerprint density at radius 1 is 1.03 bits per heavy atom. The minimum absolute atomic E-state index is 0.00832. The van der Waals surface area contributed by atoms with Crippen LogP contribution in [0, 0.1) is 12.7 Å². The second-order valence-corrected chi connectivity index (χ2v) is 8.40. The van der Waals surface area contributed by atoms with Crippen molar-refractivity contribution in [3.05, 3.63) is 58.9 Å². The Labute approximate surface area is 190 Å². The smallest absolute Gasteiger partial charge is 0.237 e. The molecule has 1 amide bonds. The van der Waals surface area contributed by atoms with Gasteiger partial charge in [-0.05, 0) is 61.7 Å². The van der Waals surface area contributed by atoms with Gasteiger partial charge >= 0.3 is 0 Å². The molecule has 2 aromatic carbocycles. The molecular weight excluding hydrogens is 409 g/mol. The first-order chi connectivity index (χ1) is 15.3. The van der Waals surface area contributed by atoms with E-state index in [0.717, 1.165) is 49.8 Å². The van der Waals surface area contributed by atoms with Gasteiger partial charge in [-0.3, -0.25) is 14.6 Å². The zero-order valence-corrected chi connectivity index (χ0v) is 19.7. The number of amides is 1. The standard InChI is InChI=1S/C25H34FN3O3/c1-17-14-23(31-4)24(32-5)15-21(17)16-28-10-12-29(13-11-28)19(3)25(30)27-18(2)20-6-8-22(26)9-7-20/h6-9,14-15,18-19H,10-13,16H2,1-5H3,(H,27,30)/t18-,19+/m0/s1. The van der Waals surface area contributed by atoms with Gasteiger partial charge in [-0.15, -0.1) is 0 Å². The quantitative estimate of drug-likeness (QED) is 0.677. The summed E-state index contributed by atoms with van der Waals surface area (Å²) in [6.45, 7) is 10.2. The molecular formula is C25H34FN3O3. The minimum Gasteiger partial charge on any atom is -0.493 e. The maximum absolute atomic E-state index is 13.1. The number of methoxy groups -OCH3 is 2. The van der Waals surface area contributed by atoms with Crippen LogP contribution in [0.5, 0.6) is 11.5 Å². The van der Waals surface area contributed by atoms with Crippen LogP contribution in [0.15, 0.2) is 36.4 Å². The van der Waals surface area contributed by atoms with E-state index in [2.05, 4.69) is 22.0 Å². The van der Waals surface area contributed by atoms with Crippen molar-refractivity contribution in [3.63, 3.8) is 0 Å². The Hall–Kier alpha value is -2.64. The molecule has 7 heteroatoms. The van der Waals surface area contributed by atoms with Crippen LogP contribution in [-0.4, -0.2) is 62.1 Å². The van der Waals surface area contributed by atoms with Gasteiger partial charge in [-0.2, -0.15) is 0 Å². The van der Waals surface area contributed by atoms with Gasteiger partial charge in [0.2, 0.25) is 5.91 Å². The van der Waals surface area contributed by atoms with Gasteiger partial charge in [0.05, 0.1) is 26.3 Å². The Morgan fingerprint density at radius 2 is 1.62 bits per heavy atom. The van der Waals surface area contributed by atoms with Crippen LogP contribution in [0.3, 0.4) is 0 Å². The van der Waals surface area contributed by atoms with E-state index >= 15 is 0 Å². The van der Waals surface area contributed by atoms with Gasteiger partial charge in [-0.25, -0.2) is 4.39 Å². The van der Waals surface area contributed by atoms with Crippen LogP contribution in [-0.2, 0) is 11.3 Å². The van der Waals surface area contributed by atoms with Crippen molar-refractivity contribution in [1.82, 2.24) is 15.1 Å². The highest BCUT2D eigenvalue weighted by Crippen LogP contribution is 2.31. The minimum atomic E-state index is -0.276. The second-order valence-electron chi connectivity index (χ2n) is 8.40. The molecule has 0 spiro atoms. The monoisotopic (exact) mass is 443 g/mol. The van der Waals surface area contributed by atoms with Crippen LogP contribution in [0.1, 0.15) is 36.6 Å². The summed E-state index contributed by atoms with van der Waals surface area (Å²) >= 11 is 0. The summed E-state index contributed by atoms with van der Waals surface area (Å²) in [4.78, 5) is 17.4. The number of piperazine rings is 1. The van der Waals surface area contributed by atoms with E-state index in [4.69, 9.17) is 9.47 Å². The highest BCUT2D eigenvalue weighted by molar-refractivity contribution is 5.81. The van der Waals surface area contributed by atoms with Crippen molar-refractivity contribution >= 4 is 5.91 Å². The predicted octanol–water partition coefficient (Wildman–Crippen LogP) is 3.53. The lowest BCUT2D eigenvalue weighted by atomic mass is 10.1. The highest BCUT2D eigenvalue weighted by Gasteiger charge is 2.27. The van der Waals surface area contributed by atoms with Crippen LogP contribution in [0.2, 0.25) is 0 Å².